The minimum atomic E-state index is -4.24. The molecule has 10 heteroatoms. The molecule has 0 bridgehead atoms. The van der Waals surface area contributed by atoms with Gasteiger partial charge in [0.1, 0.15) is 10.7 Å². The number of anilines is 1. The van der Waals surface area contributed by atoms with Gasteiger partial charge in [0.25, 0.3) is 10.0 Å². The predicted molar refractivity (Wildman–Crippen MR) is 72.5 cm³/mol. The number of nitrogens with one attached hydrogen (secondary N) is 2. The molecule has 7 nitrogen and oxygen atoms in total. The molecule has 0 aliphatic heterocycles. The molecule has 0 fully saturated rings. The first-order valence-electron chi connectivity index (χ1n) is 5.48. The standard InChI is InChI=1S/C11H9ClFN3O4S/c1-5-10(9(11(17)18)15-14-5)21(19,20)16-6-2-3-7(12)8(13)4-6/h2-4,16H,1H3,(H,14,15)(H,17,18). The van der Waals surface area contributed by atoms with Crippen molar-refractivity contribution in [3.05, 3.63) is 40.4 Å². The third-order valence-corrected chi connectivity index (χ3v) is 4.38. The second-order valence-electron chi connectivity index (χ2n) is 4.07. The Morgan fingerprint density at radius 1 is 1.48 bits per heavy atom. The van der Waals surface area contributed by atoms with E-state index in [1.54, 1.807) is 0 Å². The lowest BCUT2D eigenvalue weighted by Crippen LogP contribution is -2.17. The molecule has 0 saturated carbocycles. The number of aryl methyl sites for hydroxylation is 1. The number of hydrogen-bond donors (Lipinski definition) is 3. The highest BCUT2D eigenvalue weighted by molar-refractivity contribution is 7.92. The smallest absolute Gasteiger partial charge is 0.357 e. The molecule has 0 radical (unpaired) electrons. The monoisotopic (exact) mass is 333 g/mol. The summed E-state index contributed by atoms with van der Waals surface area (Å²) < 4.78 is 39.8. The Bertz CT molecular complexity index is 819. The number of aromatic nitrogens is 2. The van der Waals surface area contributed by atoms with Crippen LogP contribution in [-0.4, -0.2) is 29.7 Å². The molecule has 0 aliphatic rings. The molecule has 112 valence electrons. The lowest BCUT2D eigenvalue weighted by Gasteiger charge is -2.08. The second kappa shape index (κ2) is 5.34. The van der Waals surface area contributed by atoms with E-state index in [9.17, 15) is 17.6 Å². The minimum absolute atomic E-state index is 0.0503. The van der Waals surface area contributed by atoms with Crippen molar-refractivity contribution in [1.82, 2.24) is 10.2 Å². The van der Waals surface area contributed by atoms with Crippen LogP contribution >= 0.6 is 11.6 Å². The number of benzene rings is 1. The SMILES string of the molecule is Cc1[nH]nc(C(=O)O)c1S(=O)(=O)Nc1ccc(Cl)c(F)c1. The minimum Gasteiger partial charge on any atom is -0.476 e. The number of sulfonamides is 1. The van der Waals surface area contributed by atoms with Crippen LogP contribution in [0.2, 0.25) is 5.02 Å². The van der Waals surface area contributed by atoms with Gasteiger partial charge in [0.05, 0.1) is 16.4 Å². The summed E-state index contributed by atoms with van der Waals surface area (Å²) in [5, 5.41) is 14.5. The van der Waals surface area contributed by atoms with Crippen LogP contribution in [0.3, 0.4) is 0 Å². The van der Waals surface area contributed by atoms with Gasteiger partial charge >= 0.3 is 5.97 Å². The first kappa shape index (κ1) is 15.3. The zero-order chi connectivity index (χ0) is 15.8. The molecule has 2 rings (SSSR count). The van der Waals surface area contributed by atoms with Crippen LogP contribution < -0.4 is 4.72 Å². The number of rotatable bonds is 4. The van der Waals surface area contributed by atoms with Crippen molar-refractivity contribution in [2.24, 2.45) is 0 Å². The maximum Gasteiger partial charge on any atom is 0.357 e. The van der Waals surface area contributed by atoms with Crippen molar-refractivity contribution < 1.29 is 22.7 Å². The summed E-state index contributed by atoms with van der Waals surface area (Å²) in [7, 11) is -4.24. The Hall–Kier alpha value is -2.13. The number of H-pyrrole nitrogens is 1. The van der Waals surface area contributed by atoms with Crippen molar-refractivity contribution in [3.8, 4) is 0 Å². The summed E-state index contributed by atoms with van der Waals surface area (Å²) in [6.45, 7) is 1.36. The van der Waals surface area contributed by atoms with Crippen LogP contribution in [0, 0.1) is 12.7 Å². The van der Waals surface area contributed by atoms with E-state index in [0.29, 0.717) is 0 Å². The number of aromatic amines is 1. The molecule has 3 N–H and O–H groups in total. The van der Waals surface area contributed by atoms with Gasteiger partial charge < -0.3 is 5.11 Å². The van der Waals surface area contributed by atoms with Crippen molar-refractivity contribution in [2.45, 2.75) is 11.8 Å². The van der Waals surface area contributed by atoms with Crippen LogP contribution in [-0.2, 0) is 10.0 Å². The highest BCUT2D eigenvalue weighted by Crippen LogP contribution is 2.24. The maximum absolute atomic E-state index is 13.3. The number of carbonyl (C=O) groups is 1. The van der Waals surface area contributed by atoms with E-state index in [4.69, 9.17) is 16.7 Å². The number of carboxylic acids is 1. The van der Waals surface area contributed by atoms with Gasteiger partial charge in [0.2, 0.25) is 0 Å². The molecule has 1 aromatic heterocycles. The number of carboxylic acid groups (broad SMARTS) is 1. The van der Waals surface area contributed by atoms with E-state index >= 15 is 0 Å². The molecule has 0 saturated heterocycles. The normalized spacial score (nSPS) is 11.4. The van der Waals surface area contributed by atoms with Gasteiger partial charge in [0, 0.05) is 0 Å². The Labute approximate surface area is 123 Å². The molecule has 2 aromatic rings. The van der Waals surface area contributed by atoms with Gasteiger partial charge in [-0.2, -0.15) is 5.10 Å². The molecule has 0 amide bonds. The van der Waals surface area contributed by atoms with Crippen LogP contribution in [0.5, 0.6) is 0 Å². The first-order valence-corrected chi connectivity index (χ1v) is 7.34. The van der Waals surface area contributed by atoms with E-state index in [1.165, 1.54) is 19.1 Å². The first-order chi connectivity index (χ1) is 9.72. The lowest BCUT2D eigenvalue weighted by molar-refractivity contribution is 0.0686. The molecular weight excluding hydrogens is 325 g/mol. The number of halogens is 2. The highest BCUT2D eigenvalue weighted by atomic mass is 35.5. The summed E-state index contributed by atoms with van der Waals surface area (Å²) >= 11 is 5.50. The van der Waals surface area contributed by atoms with Crippen LogP contribution in [0.25, 0.3) is 0 Å². The Balaban J connectivity index is 2.45. The predicted octanol–water partition coefficient (Wildman–Crippen LogP) is 2.01. The molecule has 0 unspecified atom stereocenters. The summed E-state index contributed by atoms with van der Waals surface area (Å²) in [5.41, 5.74) is -0.683. The van der Waals surface area contributed by atoms with Crippen LogP contribution in [0.1, 0.15) is 16.2 Å². The van der Waals surface area contributed by atoms with E-state index < -0.39 is 32.4 Å². The largest absolute Gasteiger partial charge is 0.476 e. The maximum atomic E-state index is 13.3. The van der Waals surface area contributed by atoms with E-state index in [-0.39, 0.29) is 16.4 Å². The highest BCUT2D eigenvalue weighted by Gasteiger charge is 2.28. The van der Waals surface area contributed by atoms with E-state index in [2.05, 4.69) is 14.9 Å². The third-order valence-electron chi connectivity index (χ3n) is 2.53. The van der Waals surface area contributed by atoms with Gasteiger partial charge in [0.15, 0.2) is 5.69 Å². The second-order valence-corrected chi connectivity index (χ2v) is 6.09. The molecule has 0 atom stereocenters. The van der Waals surface area contributed by atoms with Crippen molar-refractivity contribution in [1.29, 1.82) is 0 Å². The van der Waals surface area contributed by atoms with Crippen LogP contribution in [0.4, 0.5) is 10.1 Å². The molecule has 1 heterocycles. The Kier molecular flexibility index (Phi) is 3.88. The fraction of sp³-hybridized carbons (Fsp3) is 0.0909. The number of hydrogen-bond acceptors (Lipinski definition) is 4. The zero-order valence-corrected chi connectivity index (χ0v) is 12.1. The third kappa shape index (κ3) is 2.98. The van der Waals surface area contributed by atoms with Gasteiger partial charge in [-0.3, -0.25) is 9.82 Å². The van der Waals surface area contributed by atoms with Gasteiger partial charge in [-0.05, 0) is 25.1 Å². The van der Waals surface area contributed by atoms with Crippen LogP contribution in [0.15, 0.2) is 23.1 Å². The van der Waals surface area contributed by atoms with Crippen molar-refractivity contribution >= 4 is 33.3 Å². The molecule has 0 spiro atoms. The average molecular weight is 334 g/mol. The summed E-state index contributed by atoms with van der Waals surface area (Å²) in [5.74, 6) is -2.30. The molecule has 21 heavy (non-hydrogen) atoms. The van der Waals surface area contributed by atoms with Gasteiger partial charge in [-0.1, -0.05) is 11.6 Å². The summed E-state index contributed by atoms with van der Waals surface area (Å²) in [6.07, 6.45) is 0. The number of nitrogens with zero attached hydrogens (tertiary/aromatic N) is 1. The number of aromatic carboxylic acids is 1. The Morgan fingerprint density at radius 2 is 2.14 bits per heavy atom. The van der Waals surface area contributed by atoms with Gasteiger partial charge in [-0.25, -0.2) is 17.6 Å². The average Bonchev–Trinajstić information content (AvgIpc) is 2.76. The summed E-state index contributed by atoms with van der Waals surface area (Å²) in [4.78, 5) is 10.5. The van der Waals surface area contributed by atoms with E-state index in [0.717, 1.165) is 6.07 Å². The summed E-state index contributed by atoms with van der Waals surface area (Å²) in [6, 6.07) is 3.31. The quantitative estimate of drug-likeness (QED) is 0.792. The van der Waals surface area contributed by atoms with Gasteiger partial charge in [-0.15, -0.1) is 0 Å². The molecule has 0 aliphatic carbocycles. The topological polar surface area (TPSA) is 112 Å². The van der Waals surface area contributed by atoms with E-state index in [1.807, 2.05) is 0 Å². The fourth-order valence-electron chi connectivity index (χ4n) is 1.66. The zero-order valence-electron chi connectivity index (χ0n) is 10.5. The van der Waals surface area contributed by atoms with Crippen molar-refractivity contribution in [2.75, 3.05) is 4.72 Å². The Morgan fingerprint density at radius 3 is 2.71 bits per heavy atom. The fourth-order valence-corrected chi connectivity index (χ4v) is 3.15. The lowest BCUT2D eigenvalue weighted by atomic mass is 10.3. The van der Waals surface area contributed by atoms with Crippen molar-refractivity contribution in [3.63, 3.8) is 0 Å². The molecule has 1 aromatic carbocycles. The molecular formula is C11H9ClFN3O4S.